The number of carbonyl (C=O) groups excluding carboxylic acids is 2. The first kappa shape index (κ1) is 20.8. The van der Waals surface area contributed by atoms with E-state index in [0.717, 1.165) is 6.42 Å². The van der Waals surface area contributed by atoms with Crippen molar-refractivity contribution in [2.24, 2.45) is 10.9 Å². The molecule has 1 aliphatic rings. The lowest BCUT2D eigenvalue weighted by Gasteiger charge is -2.22. The second kappa shape index (κ2) is 9.93. The number of rotatable bonds is 6. The molecule has 1 atom stereocenters. The molecule has 6 heteroatoms. The highest BCUT2D eigenvalue weighted by Crippen LogP contribution is 2.08. The molecule has 0 radical (unpaired) electrons. The van der Waals surface area contributed by atoms with Gasteiger partial charge >= 0.3 is 0 Å². The monoisotopic (exact) mass is 347 g/mol. The predicted molar refractivity (Wildman–Crippen MR) is 100 cm³/mol. The van der Waals surface area contributed by atoms with Crippen molar-refractivity contribution in [3.8, 4) is 0 Å². The van der Waals surface area contributed by atoms with Gasteiger partial charge in [0.1, 0.15) is 12.4 Å². The molecule has 0 fully saturated rings. The van der Waals surface area contributed by atoms with Gasteiger partial charge in [-0.2, -0.15) is 0 Å². The van der Waals surface area contributed by atoms with E-state index in [2.05, 4.69) is 34.6 Å². The Morgan fingerprint density at radius 2 is 1.96 bits per heavy atom. The minimum Gasteiger partial charge on any atom is -0.389 e. The highest BCUT2D eigenvalue weighted by molar-refractivity contribution is 5.99. The molecule has 6 nitrogen and oxygen atoms in total. The van der Waals surface area contributed by atoms with Gasteiger partial charge in [-0.3, -0.25) is 19.5 Å². The van der Waals surface area contributed by atoms with Gasteiger partial charge in [-0.05, 0) is 27.2 Å². The summed E-state index contributed by atoms with van der Waals surface area (Å²) in [6, 6.07) is 0. The molecule has 138 valence electrons. The van der Waals surface area contributed by atoms with E-state index in [1.807, 2.05) is 12.2 Å². The Hall–Kier alpha value is -2.21. The van der Waals surface area contributed by atoms with Crippen LogP contribution in [-0.4, -0.2) is 52.9 Å². The molecule has 1 rings (SSSR count). The zero-order valence-electron chi connectivity index (χ0n) is 15.5. The number of allylic oxidation sites excluding steroid dienone is 4. The van der Waals surface area contributed by atoms with Crippen molar-refractivity contribution < 1.29 is 14.7 Å². The van der Waals surface area contributed by atoms with Crippen LogP contribution in [0.5, 0.6) is 0 Å². The number of aliphatic hydroxyl groups is 1. The fraction of sp³-hybridized carbons (Fsp3) is 0.526. The molecular formula is C19H29N3O3. The molecule has 0 bridgehead atoms. The summed E-state index contributed by atoms with van der Waals surface area (Å²) >= 11 is 0. The van der Waals surface area contributed by atoms with E-state index in [9.17, 15) is 14.7 Å². The van der Waals surface area contributed by atoms with Crippen molar-refractivity contribution >= 4 is 17.6 Å². The normalized spacial score (nSPS) is 19.1. The lowest BCUT2D eigenvalue weighted by atomic mass is 10.1. The lowest BCUT2D eigenvalue weighted by Crippen LogP contribution is -2.46. The molecule has 2 amide bonds. The minimum atomic E-state index is -0.995. The Morgan fingerprint density at radius 3 is 2.60 bits per heavy atom. The second-order valence-electron chi connectivity index (χ2n) is 6.72. The zero-order chi connectivity index (χ0) is 18.9. The van der Waals surface area contributed by atoms with Gasteiger partial charge in [0.15, 0.2) is 0 Å². The Bertz CT molecular complexity index is 583. The van der Waals surface area contributed by atoms with E-state index < -0.39 is 5.60 Å². The number of aliphatic imine (C=N–C) groups is 1. The summed E-state index contributed by atoms with van der Waals surface area (Å²) in [7, 11) is 0. The summed E-state index contributed by atoms with van der Waals surface area (Å²) in [5.41, 5.74) is -0.995. The molecule has 25 heavy (non-hydrogen) atoms. The van der Waals surface area contributed by atoms with Gasteiger partial charge in [0.2, 0.25) is 11.8 Å². The summed E-state index contributed by atoms with van der Waals surface area (Å²) in [5.74, 6) is 0.0946. The number of nitrogens with zero attached hydrogens (tertiary/aromatic N) is 2. The van der Waals surface area contributed by atoms with Crippen molar-refractivity contribution in [3.05, 3.63) is 36.5 Å². The van der Waals surface area contributed by atoms with Crippen molar-refractivity contribution in [3.63, 3.8) is 0 Å². The molecule has 0 aromatic rings. The number of amidine groups is 1. The van der Waals surface area contributed by atoms with E-state index in [0.29, 0.717) is 12.4 Å². The van der Waals surface area contributed by atoms with Gasteiger partial charge in [0, 0.05) is 19.4 Å². The molecule has 0 aromatic carbocycles. The van der Waals surface area contributed by atoms with E-state index in [4.69, 9.17) is 0 Å². The van der Waals surface area contributed by atoms with Crippen molar-refractivity contribution in [1.82, 2.24) is 10.2 Å². The molecule has 1 unspecified atom stereocenters. The summed E-state index contributed by atoms with van der Waals surface area (Å²) in [5, 5.41) is 12.3. The van der Waals surface area contributed by atoms with Gasteiger partial charge in [0.05, 0.1) is 12.1 Å². The summed E-state index contributed by atoms with van der Waals surface area (Å²) in [6.45, 7) is 6.87. The van der Waals surface area contributed by atoms with Crippen LogP contribution in [0.3, 0.4) is 0 Å². The summed E-state index contributed by atoms with van der Waals surface area (Å²) in [4.78, 5) is 29.7. The average molecular weight is 347 g/mol. The van der Waals surface area contributed by atoms with Crippen LogP contribution in [0, 0.1) is 5.92 Å². The Kier molecular flexibility index (Phi) is 8.28. The topological polar surface area (TPSA) is 82.0 Å². The van der Waals surface area contributed by atoms with Crippen LogP contribution in [0.25, 0.3) is 0 Å². The lowest BCUT2D eigenvalue weighted by molar-refractivity contribution is -0.131. The number of carbonyl (C=O) groups is 2. The van der Waals surface area contributed by atoms with E-state index in [-0.39, 0.29) is 30.8 Å². The number of hydrogen-bond donors (Lipinski definition) is 2. The first-order valence-electron chi connectivity index (χ1n) is 8.47. The molecule has 2 N–H and O–H groups in total. The van der Waals surface area contributed by atoms with Crippen molar-refractivity contribution in [1.29, 1.82) is 0 Å². The average Bonchev–Trinajstić information content (AvgIpc) is 2.48. The molecular weight excluding hydrogens is 318 g/mol. The minimum absolute atomic E-state index is 0.111. The van der Waals surface area contributed by atoms with Crippen LogP contribution in [0.15, 0.2) is 41.4 Å². The fourth-order valence-electron chi connectivity index (χ4n) is 2.17. The Labute approximate surface area is 150 Å². The highest BCUT2D eigenvalue weighted by Gasteiger charge is 2.19. The Balaban J connectivity index is 2.67. The molecule has 1 aliphatic carbocycles. The first-order valence-corrected chi connectivity index (χ1v) is 8.47. The first-order chi connectivity index (χ1) is 11.7. The van der Waals surface area contributed by atoms with Crippen LogP contribution in [0.2, 0.25) is 0 Å². The quantitative estimate of drug-likeness (QED) is 0.437. The summed E-state index contributed by atoms with van der Waals surface area (Å²) < 4.78 is 0. The van der Waals surface area contributed by atoms with Gasteiger partial charge in [0.25, 0.3) is 0 Å². The molecule has 0 aliphatic heterocycles. The molecule has 0 saturated carbocycles. The van der Waals surface area contributed by atoms with Gasteiger partial charge in [-0.1, -0.05) is 36.5 Å². The highest BCUT2D eigenvalue weighted by atomic mass is 16.3. The maximum Gasteiger partial charge on any atom is 0.240 e. The van der Waals surface area contributed by atoms with E-state index >= 15 is 0 Å². The smallest absolute Gasteiger partial charge is 0.240 e. The largest absolute Gasteiger partial charge is 0.389 e. The fourth-order valence-corrected chi connectivity index (χ4v) is 2.17. The second-order valence-corrected chi connectivity index (χ2v) is 6.72. The maximum absolute atomic E-state index is 12.0. The third-order valence-electron chi connectivity index (χ3n) is 3.58. The molecule has 0 spiro atoms. The third-order valence-corrected chi connectivity index (χ3v) is 3.58. The van der Waals surface area contributed by atoms with Crippen LogP contribution in [0.4, 0.5) is 0 Å². The predicted octanol–water partition coefficient (Wildman–Crippen LogP) is 1.83. The maximum atomic E-state index is 12.0. The Morgan fingerprint density at radius 1 is 1.24 bits per heavy atom. The van der Waals surface area contributed by atoms with Crippen molar-refractivity contribution in [2.75, 3.05) is 19.6 Å². The van der Waals surface area contributed by atoms with Crippen LogP contribution < -0.4 is 5.32 Å². The summed E-state index contributed by atoms with van der Waals surface area (Å²) in [6.07, 6.45) is 13.2. The van der Waals surface area contributed by atoms with Gasteiger partial charge in [-0.25, -0.2) is 0 Å². The zero-order valence-corrected chi connectivity index (χ0v) is 15.5. The standard InChI is InChI=1S/C19H29N3O3/c1-15(20-12-17-10-8-6-5-7-9-11-17)22(16(2)23)13-18(24)21-14-19(3,4)25/h5-6,8-11,17,25H,7,12-14H2,1-4H3,(H,21,24)/b6-5-,10-8?,11-9?,20-15?. The van der Waals surface area contributed by atoms with Gasteiger partial charge < -0.3 is 10.4 Å². The number of hydrogen-bond acceptors (Lipinski definition) is 4. The number of nitrogens with one attached hydrogen (secondary N) is 1. The van der Waals surface area contributed by atoms with Gasteiger partial charge in [-0.15, -0.1) is 0 Å². The van der Waals surface area contributed by atoms with E-state index in [1.165, 1.54) is 11.8 Å². The van der Waals surface area contributed by atoms with Crippen LogP contribution >= 0.6 is 0 Å². The van der Waals surface area contributed by atoms with Crippen LogP contribution in [0.1, 0.15) is 34.1 Å². The molecule has 0 saturated heterocycles. The van der Waals surface area contributed by atoms with E-state index in [1.54, 1.807) is 20.8 Å². The SMILES string of the molecule is CC(=O)N(CC(=O)NCC(C)(C)O)C(C)=NCC1C=C/C=C\CC=C1. The molecule has 0 heterocycles. The van der Waals surface area contributed by atoms with Crippen molar-refractivity contribution in [2.45, 2.75) is 39.7 Å². The molecule has 0 aromatic heterocycles. The third kappa shape index (κ3) is 9.00. The van der Waals surface area contributed by atoms with Crippen LogP contribution in [-0.2, 0) is 9.59 Å². The number of amides is 2.